The molecular formula is C11H18N2O2. The van der Waals surface area contributed by atoms with E-state index in [1.54, 1.807) is 13.1 Å². The Labute approximate surface area is 90.6 Å². The lowest BCUT2D eigenvalue weighted by Crippen LogP contribution is -2.40. The molecule has 0 aromatic rings. The summed E-state index contributed by atoms with van der Waals surface area (Å²) in [6, 6.07) is 0. The Kier molecular flexibility index (Phi) is 5.07. The maximum atomic E-state index is 9.03. The lowest BCUT2D eigenvalue weighted by atomic mass is 10.2. The highest BCUT2D eigenvalue weighted by molar-refractivity contribution is 5.94. The largest absolute Gasteiger partial charge is 0.392 e. The van der Waals surface area contributed by atoms with Crippen molar-refractivity contribution in [3.63, 3.8) is 0 Å². The van der Waals surface area contributed by atoms with Gasteiger partial charge in [0, 0.05) is 20.1 Å². The maximum Gasteiger partial charge on any atom is 0.123 e. The van der Waals surface area contributed by atoms with Crippen molar-refractivity contribution in [2.75, 3.05) is 40.0 Å². The maximum absolute atomic E-state index is 9.03. The SMILES string of the molecule is C=C/C(=C\C(=N/C)N1CCOCC1)CO. The van der Waals surface area contributed by atoms with Crippen LogP contribution in [0, 0.1) is 0 Å². The predicted octanol–water partition coefficient (Wildman–Crippen LogP) is 0.452. The molecule has 4 heteroatoms. The molecule has 0 atom stereocenters. The Bertz CT molecular complexity index is 266. The van der Waals surface area contributed by atoms with Crippen molar-refractivity contribution in [2.24, 2.45) is 4.99 Å². The molecule has 84 valence electrons. The van der Waals surface area contributed by atoms with Gasteiger partial charge in [-0.2, -0.15) is 0 Å². The molecule has 0 spiro atoms. The van der Waals surface area contributed by atoms with E-state index in [0.29, 0.717) is 0 Å². The first-order valence-electron chi connectivity index (χ1n) is 5.05. The molecule has 15 heavy (non-hydrogen) atoms. The summed E-state index contributed by atoms with van der Waals surface area (Å²) in [6.45, 7) is 6.79. The van der Waals surface area contributed by atoms with Crippen molar-refractivity contribution < 1.29 is 9.84 Å². The third-order valence-electron chi connectivity index (χ3n) is 2.32. The number of aliphatic hydroxyl groups excluding tert-OH is 1. The molecule has 1 saturated heterocycles. The summed E-state index contributed by atoms with van der Waals surface area (Å²) < 4.78 is 5.27. The number of ether oxygens (including phenoxy) is 1. The second-order valence-corrected chi connectivity index (χ2v) is 3.26. The molecule has 0 aromatic heterocycles. The summed E-state index contributed by atoms with van der Waals surface area (Å²) in [4.78, 5) is 6.34. The first-order chi connectivity index (χ1) is 7.31. The van der Waals surface area contributed by atoms with E-state index >= 15 is 0 Å². The van der Waals surface area contributed by atoms with E-state index in [1.165, 1.54) is 0 Å². The highest BCUT2D eigenvalue weighted by atomic mass is 16.5. The van der Waals surface area contributed by atoms with Crippen LogP contribution in [0.3, 0.4) is 0 Å². The van der Waals surface area contributed by atoms with E-state index in [-0.39, 0.29) is 6.61 Å². The Hall–Kier alpha value is -1.13. The van der Waals surface area contributed by atoms with E-state index < -0.39 is 0 Å². The van der Waals surface area contributed by atoms with Crippen molar-refractivity contribution in [3.05, 3.63) is 24.3 Å². The monoisotopic (exact) mass is 210 g/mol. The molecule has 0 aliphatic carbocycles. The molecule has 0 unspecified atom stereocenters. The first kappa shape index (κ1) is 11.9. The minimum Gasteiger partial charge on any atom is -0.392 e. The smallest absolute Gasteiger partial charge is 0.123 e. The number of morpholine rings is 1. The summed E-state index contributed by atoms with van der Waals surface area (Å²) in [5.41, 5.74) is 0.780. The van der Waals surface area contributed by atoms with Crippen molar-refractivity contribution >= 4 is 5.84 Å². The Balaban J connectivity index is 2.70. The van der Waals surface area contributed by atoms with Crippen LogP contribution in [0.4, 0.5) is 0 Å². The van der Waals surface area contributed by atoms with Gasteiger partial charge in [0.1, 0.15) is 5.84 Å². The molecule has 0 radical (unpaired) electrons. The fraction of sp³-hybridized carbons (Fsp3) is 0.545. The molecule has 1 aliphatic heterocycles. The first-order valence-corrected chi connectivity index (χ1v) is 5.05. The quantitative estimate of drug-likeness (QED) is 0.418. The Morgan fingerprint density at radius 1 is 1.53 bits per heavy atom. The van der Waals surface area contributed by atoms with Gasteiger partial charge in [0.25, 0.3) is 0 Å². The van der Waals surface area contributed by atoms with Gasteiger partial charge in [0.2, 0.25) is 0 Å². The Morgan fingerprint density at radius 2 is 2.20 bits per heavy atom. The highest BCUT2D eigenvalue weighted by Gasteiger charge is 2.12. The molecule has 0 aromatic carbocycles. The molecule has 0 saturated carbocycles. The van der Waals surface area contributed by atoms with E-state index in [4.69, 9.17) is 9.84 Å². The van der Waals surface area contributed by atoms with Gasteiger partial charge in [-0.1, -0.05) is 12.7 Å². The molecule has 4 nitrogen and oxygen atoms in total. The second-order valence-electron chi connectivity index (χ2n) is 3.26. The van der Waals surface area contributed by atoms with Crippen LogP contribution in [0.2, 0.25) is 0 Å². The minimum atomic E-state index is -0.00708. The number of aliphatic hydroxyl groups is 1. The van der Waals surface area contributed by atoms with Gasteiger partial charge in [-0.05, 0) is 11.6 Å². The number of hydrogen-bond acceptors (Lipinski definition) is 3. The number of rotatable bonds is 3. The summed E-state index contributed by atoms with van der Waals surface area (Å²) in [7, 11) is 1.75. The molecule has 0 amide bonds. The van der Waals surface area contributed by atoms with Crippen LogP contribution in [-0.2, 0) is 4.74 Å². The topological polar surface area (TPSA) is 45.1 Å². The average molecular weight is 210 g/mol. The van der Waals surface area contributed by atoms with Gasteiger partial charge >= 0.3 is 0 Å². The lowest BCUT2D eigenvalue weighted by Gasteiger charge is -2.28. The number of aliphatic imine (C=N–C) groups is 1. The molecule has 1 aliphatic rings. The minimum absolute atomic E-state index is 0.00708. The van der Waals surface area contributed by atoms with Gasteiger partial charge < -0.3 is 14.7 Å². The summed E-state index contributed by atoms with van der Waals surface area (Å²) >= 11 is 0. The summed E-state index contributed by atoms with van der Waals surface area (Å²) in [5, 5.41) is 9.03. The Morgan fingerprint density at radius 3 is 2.67 bits per heavy atom. The standard InChI is InChI=1S/C11H18N2O2/c1-3-10(9-14)8-11(12-2)13-4-6-15-7-5-13/h3,8,14H,1,4-7,9H2,2H3/b10-8+,12-11+. The fourth-order valence-electron chi connectivity index (χ4n) is 1.42. The number of amidine groups is 1. The van der Waals surface area contributed by atoms with Gasteiger partial charge in [-0.25, -0.2) is 0 Å². The van der Waals surface area contributed by atoms with Gasteiger partial charge in [0.15, 0.2) is 0 Å². The van der Waals surface area contributed by atoms with Crippen LogP contribution in [0.25, 0.3) is 0 Å². The van der Waals surface area contributed by atoms with Crippen molar-refractivity contribution in [1.82, 2.24) is 4.90 Å². The molecule has 1 N–H and O–H groups in total. The number of nitrogens with zero attached hydrogens (tertiary/aromatic N) is 2. The van der Waals surface area contributed by atoms with Crippen molar-refractivity contribution in [1.29, 1.82) is 0 Å². The van der Waals surface area contributed by atoms with Gasteiger partial charge in [-0.3, -0.25) is 4.99 Å². The van der Waals surface area contributed by atoms with E-state index in [9.17, 15) is 0 Å². The molecular weight excluding hydrogens is 192 g/mol. The third-order valence-corrected chi connectivity index (χ3v) is 2.32. The zero-order valence-corrected chi connectivity index (χ0v) is 9.15. The van der Waals surface area contributed by atoms with Gasteiger partial charge in [-0.15, -0.1) is 0 Å². The van der Waals surface area contributed by atoms with Crippen LogP contribution in [-0.4, -0.2) is 55.8 Å². The van der Waals surface area contributed by atoms with Crippen LogP contribution in [0.15, 0.2) is 29.3 Å². The normalized spacial score (nSPS) is 19.2. The summed E-state index contributed by atoms with van der Waals surface area (Å²) in [6.07, 6.45) is 3.50. The second kappa shape index (κ2) is 6.37. The van der Waals surface area contributed by atoms with Crippen LogP contribution < -0.4 is 0 Å². The van der Waals surface area contributed by atoms with E-state index in [2.05, 4.69) is 16.5 Å². The highest BCUT2D eigenvalue weighted by Crippen LogP contribution is 2.03. The van der Waals surface area contributed by atoms with Gasteiger partial charge in [0.05, 0.1) is 19.8 Å². The fourth-order valence-corrected chi connectivity index (χ4v) is 1.42. The zero-order valence-electron chi connectivity index (χ0n) is 9.15. The van der Waals surface area contributed by atoms with Crippen LogP contribution >= 0.6 is 0 Å². The zero-order chi connectivity index (χ0) is 11.1. The molecule has 0 bridgehead atoms. The van der Waals surface area contributed by atoms with Crippen molar-refractivity contribution in [2.45, 2.75) is 0 Å². The predicted molar refractivity (Wildman–Crippen MR) is 61.1 cm³/mol. The molecule has 1 rings (SSSR count). The van der Waals surface area contributed by atoms with E-state index in [1.807, 2.05) is 6.08 Å². The average Bonchev–Trinajstić information content (AvgIpc) is 2.32. The summed E-state index contributed by atoms with van der Waals surface area (Å²) in [5.74, 6) is 0.877. The molecule has 1 heterocycles. The third kappa shape index (κ3) is 3.49. The number of hydrogen-bond donors (Lipinski definition) is 1. The van der Waals surface area contributed by atoms with Crippen LogP contribution in [0.5, 0.6) is 0 Å². The lowest BCUT2D eigenvalue weighted by molar-refractivity contribution is 0.0684. The van der Waals surface area contributed by atoms with Crippen molar-refractivity contribution in [3.8, 4) is 0 Å². The molecule has 1 fully saturated rings. The van der Waals surface area contributed by atoms with E-state index in [0.717, 1.165) is 37.7 Å². The van der Waals surface area contributed by atoms with Crippen LogP contribution in [0.1, 0.15) is 0 Å².